The summed E-state index contributed by atoms with van der Waals surface area (Å²) in [4.78, 5) is 4.55. The highest BCUT2D eigenvalue weighted by atomic mass is 15.3. The van der Waals surface area contributed by atoms with E-state index in [1.807, 2.05) is 24.9 Å². The van der Waals surface area contributed by atoms with E-state index in [2.05, 4.69) is 28.4 Å². The van der Waals surface area contributed by atoms with Crippen LogP contribution in [0.5, 0.6) is 0 Å². The normalized spacial score (nSPS) is 18.2. The molecule has 0 amide bonds. The van der Waals surface area contributed by atoms with Crippen molar-refractivity contribution in [2.45, 2.75) is 58.5 Å². The number of nitrogens with one attached hydrogen (secondary N) is 1. The number of aryl methyl sites for hydroxylation is 2. The van der Waals surface area contributed by atoms with E-state index in [9.17, 15) is 0 Å². The summed E-state index contributed by atoms with van der Waals surface area (Å²) in [6.07, 6.45) is 8.96. The lowest BCUT2D eigenvalue weighted by molar-refractivity contribution is 0.280. The molecule has 4 nitrogen and oxygen atoms in total. The summed E-state index contributed by atoms with van der Waals surface area (Å²) in [7, 11) is 1.95. The molecule has 1 aliphatic carbocycles. The van der Waals surface area contributed by atoms with Crippen LogP contribution in [0.3, 0.4) is 0 Å². The van der Waals surface area contributed by atoms with E-state index in [4.69, 9.17) is 0 Å². The molecular formula is C17H26N4. The molecule has 1 N–H and O–H groups in total. The molecule has 2 aromatic heterocycles. The van der Waals surface area contributed by atoms with Crippen LogP contribution < -0.4 is 5.32 Å². The Labute approximate surface area is 126 Å². The molecule has 4 heteroatoms. The summed E-state index contributed by atoms with van der Waals surface area (Å²) in [5.74, 6) is 0.843. The van der Waals surface area contributed by atoms with Gasteiger partial charge in [-0.25, -0.2) is 4.98 Å². The molecule has 1 fully saturated rings. The molecule has 2 heterocycles. The fraction of sp³-hybridized carbons (Fsp3) is 0.647. The van der Waals surface area contributed by atoms with Crippen molar-refractivity contribution in [3.05, 3.63) is 23.5 Å². The average Bonchev–Trinajstić information content (AvgIpc) is 2.80. The van der Waals surface area contributed by atoms with Crippen LogP contribution >= 0.6 is 0 Å². The van der Waals surface area contributed by atoms with Crippen molar-refractivity contribution in [3.63, 3.8) is 0 Å². The zero-order chi connectivity index (χ0) is 14.8. The Bertz CT molecular complexity index is 611. The first-order valence-corrected chi connectivity index (χ1v) is 8.17. The number of rotatable bonds is 4. The zero-order valence-electron chi connectivity index (χ0n) is 13.4. The maximum Gasteiger partial charge on any atom is 0.157 e. The Balaban J connectivity index is 1.66. The van der Waals surface area contributed by atoms with Crippen molar-refractivity contribution < 1.29 is 0 Å². The van der Waals surface area contributed by atoms with Gasteiger partial charge in [-0.1, -0.05) is 19.3 Å². The molecule has 0 bridgehead atoms. The van der Waals surface area contributed by atoms with E-state index in [-0.39, 0.29) is 0 Å². The molecule has 114 valence electrons. The first kappa shape index (κ1) is 14.5. The van der Waals surface area contributed by atoms with E-state index in [0.29, 0.717) is 6.04 Å². The number of hydrogen-bond donors (Lipinski definition) is 1. The van der Waals surface area contributed by atoms with Crippen molar-refractivity contribution in [2.24, 2.45) is 13.0 Å². The fourth-order valence-electron chi connectivity index (χ4n) is 3.53. The molecule has 1 atom stereocenters. The average molecular weight is 286 g/mol. The molecule has 0 unspecified atom stereocenters. The van der Waals surface area contributed by atoms with Gasteiger partial charge in [0.2, 0.25) is 0 Å². The highest BCUT2D eigenvalue weighted by Crippen LogP contribution is 2.26. The largest absolute Gasteiger partial charge is 0.310 e. The first-order valence-electron chi connectivity index (χ1n) is 8.17. The molecule has 0 aliphatic heterocycles. The Morgan fingerprint density at radius 2 is 2.10 bits per heavy atom. The standard InChI is InChI=1S/C17H26N4/c1-12(15-7-5-4-6-8-15)18-10-14-9-16-13(2)20-21(3)17(16)19-11-14/h9,11-12,15,18H,4-8,10H2,1-3H3/t12-/m0/s1. The third-order valence-corrected chi connectivity index (χ3v) is 4.90. The predicted molar refractivity (Wildman–Crippen MR) is 86.1 cm³/mol. The maximum atomic E-state index is 4.55. The Kier molecular flexibility index (Phi) is 4.24. The maximum absolute atomic E-state index is 4.55. The predicted octanol–water partition coefficient (Wildman–Crippen LogP) is 3.34. The van der Waals surface area contributed by atoms with Crippen LogP contribution in [0, 0.1) is 12.8 Å². The minimum Gasteiger partial charge on any atom is -0.310 e. The lowest BCUT2D eigenvalue weighted by Crippen LogP contribution is -2.34. The molecule has 1 saturated carbocycles. The molecule has 3 rings (SSSR count). The van der Waals surface area contributed by atoms with Gasteiger partial charge in [0.15, 0.2) is 5.65 Å². The highest BCUT2D eigenvalue weighted by Gasteiger charge is 2.19. The Morgan fingerprint density at radius 1 is 1.33 bits per heavy atom. The topological polar surface area (TPSA) is 42.7 Å². The summed E-state index contributed by atoms with van der Waals surface area (Å²) in [5, 5.41) is 9.29. The van der Waals surface area contributed by atoms with Gasteiger partial charge in [-0.2, -0.15) is 5.10 Å². The van der Waals surface area contributed by atoms with Gasteiger partial charge in [0, 0.05) is 31.2 Å². The van der Waals surface area contributed by atoms with Gasteiger partial charge < -0.3 is 5.32 Å². The molecular weight excluding hydrogens is 260 g/mol. The van der Waals surface area contributed by atoms with Crippen molar-refractivity contribution in [3.8, 4) is 0 Å². The van der Waals surface area contributed by atoms with Gasteiger partial charge in [-0.3, -0.25) is 4.68 Å². The van der Waals surface area contributed by atoms with Crippen LogP contribution in [0.1, 0.15) is 50.3 Å². The SMILES string of the molecule is Cc1nn(C)c2ncc(CN[C@@H](C)C3CCCCC3)cc12. The smallest absolute Gasteiger partial charge is 0.157 e. The van der Waals surface area contributed by atoms with Crippen LogP contribution in [0.25, 0.3) is 11.0 Å². The van der Waals surface area contributed by atoms with E-state index in [0.717, 1.165) is 23.8 Å². The number of pyridine rings is 1. The van der Waals surface area contributed by atoms with Gasteiger partial charge >= 0.3 is 0 Å². The van der Waals surface area contributed by atoms with Gasteiger partial charge in [0.1, 0.15) is 0 Å². The summed E-state index contributed by atoms with van der Waals surface area (Å²) < 4.78 is 1.85. The molecule has 0 aromatic carbocycles. The van der Waals surface area contributed by atoms with Crippen molar-refractivity contribution in [1.82, 2.24) is 20.1 Å². The number of nitrogens with zero attached hydrogens (tertiary/aromatic N) is 3. The third-order valence-electron chi connectivity index (χ3n) is 4.90. The number of fused-ring (bicyclic) bond motifs is 1. The first-order chi connectivity index (χ1) is 10.1. The second kappa shape index (κ2) is 6.14. The van der Waals surface area contributed by atoms with E-state index < -0.39 is 0 Å². The van der Waals surface area contributed by atoms with Crippen LogP contribution in [0.15, 0.2) is 12.3 Å². The van der Waals surface area contributed by atoms with Crippen molar-refractivity contribution in [2.75, 3.05) is 0 Å². The molecule has 2 aromatic rings. The lowest BCUT2D eigenvalue weighted by atomic mass is 9.84. The van der Waals surface area contributed by atoms with Gasteiger partial charge in [-0.05, 0) is 44.2 Å². The van der Waals surface area contributed by atoms with Gasteiger partial charge in [0.25, 0.3) is 0 Å². The molecule has 1 aliphatic rings. The Morgan fingerprint density at radius 3 is 2.86 bits per heavy atom. The van der Waals surface area contributed by atoms with E-state index in [1.165, 1.54) is 43.1 Å². The van der Waals surface area contributed by atoms with Crippen LogP contribution in [0.4, 0.5) is 0 Å². The van der Waals surface area contributed by atoms with Crippen LogP contribution in [-0.4, -0.2) is 20.8 Å². The second-order valence-electron chi connectivity index (χ2n) is 6.49. The summed E-state index contributed by atoms with van der Waals surface area (Å²) >= 11 is 0. The van der Waals surface area contributed by atoms with Gasteiger partial charge in [0.05, 0.1) is 5.69 Å². The number of aromatic nitrogens is 3. The number of hydrogen-bond acceptors (Lipinski definition) is 3. The summed E-state index contributed by atoms with van der Waals surface area (Å²) in [6.45, 7) is 5.28. The van der Waals surface area contributed by atoms with Crippen LogP contribution in [0.2, 0.25) is 0 Å². The van der Waals surface area contributed by atoms with Crippen LogP contribution in [-0.2, 0) is 13.6 Å². The molecule has 0 saturated heterocycles. The van der Waals surface area contributed by atoms with Crippen molar-refractivity contribution >= 4 is 11.0 Å². The minimum absolute atomic E-state index is 0.594. The molecule has 21 heavy (non-hydrogen) atoms. The zero-order valence-corrected chi connectivity index (χ0v) is 13.4. The van der Waals surface area contributed by atoms with E-state index in [1.54, 1.807) is 0 Å². The fourth-order valence-corrected chi connectivity index (χ4v) is 3.53. The summed E-state index contributed by atoms with van der Waals surface area (Å²) in [6, 6.07) is 2.82. The third kappa shape index (κ3) is 3.10. The van der Waals surface area contributed by atoms with Crippen molar-refractivity contribution in [1.29, 1.82) is 0 Å². The lowest BCUT2D eigenvalue weighted by Gasteiger charge is -2.28. The quantitative estimate of drug-likeness (QED) is 0.937. The molecule has 0 radical (unpaired) electrons. The highest BCUT2D eigenvalue weighted by molar-refractivity contribution is 5.78. The minimum atomic E-state index is 0.594. The second-order valence-corrected chi connectivity index (χ2v) is 6.49. The summed E-state index contributed by atoms with van der Waals surface area (Å²) in [5.41, 5.74) is 3.28. The molecule has 0 spiro atoms. The van der Waals surface area contributed by atoms with Gasteiger partial charge in [-0.15, -0.1) is 0 Å². The van der Waals surface area contributed by atoms with E-state index >= 15 is 0 Å². The monoisotopic (exact) mass is 286 g/mol. The Hall–Kier alpha value is -1.42.